The lowest BCUT2D eigenvalue weighted by molar-refractivity contribution is 0.959. The van der Waals surface area contributed by atoms with Crippen molar-refractivity contribution in [3.63, 3.8) is 0 Å². The van der Waals surface area contributed by atoms with Crippen LogP contribution in [0.15, 0.2) is 48.5 Å². The van der Waals surface area contributed by atoms with E-state index in [1.807, 2.05) is 18.2 Å². The molecule has 0 aliphatic rings. The van der Waals surface area contributed by atoms with Crippen molar-refractivity contribution < 1.29 is 0 Å². The zero-order valence-electron chi connectivity index (χ0n) is 10.0. The van der Waals surface area contributed by atoms with Gasteiger partial charge in [-0.1, -0.05) is 36.4 Å². The smallest absolute Gasteiger partial charge is 0.140 e. The summed E-state index contributed by atoms with van der Waals surface area (Å²) in [6.45, 7) is 2.11. The molecule has 0 fully saturated rings. The Hall–Kier alpha value is -2.09. The molecule has 0 atom stereocenters. The average Bonchev–Trinajstić information content (AvgIpc) is 2.68. The van der Waals surface area contributed by atoms with Crippen LogP contribution in [0.2, 0.25) is 0 Å². The van der Waals surface area contributed by atoms with Crippen molar-refractivity contribution in [3.05, 3.63) is 54.1 Å². The van der Waals surface area contributed by atoms with Gasteiger partial charge in [0.15, 0.2) is 0 Å². The Morgan fingerprint density at radius 3 is 2.53 bits per heavy atom. The topological polar surface area (TPSA) is 17.8 Å². The summed E-state index contributed by atoms with van der Waals surface area (Å²) in [5, 5.41) is 0. The predicted octanol–water partition coefficient (Wildman–Crippen LogP) is 3.55. The first-order chi connectivity index (χ1) is 8.25. The van der Waals surface area contributed by atoms with E-state index in [9.17, 15) is 0 Å². The van der Waals surface area contributed by atoms with E-state index in [0.29, 0.717) is 0 Å². The second-order valence-electron chi connectivity index (χ2n) is 4.35. The van der Waals surface area contributed by atoms with Crippen molar-refractivity contribution in [3.8, 4) is 11.4 Å². The van der Waals surface area contributed by atoms with Crippen LogP contribution < -0.4 is 0 Å². The molecule has 0 N–H and O–H groups in total. The van der Waals surface area contributed by atoms with E-state index < -0.39 is 0 Å². The van der Waals surface area contributed by atoms with E-state index in [4.69, 9.17) is 0 Å². The van der Waals surface area contributed by atoms with Gasteiger partial charge in [0.1, 0.15) is 5.82 Å². The second kappa shape index (κ2) is 3.74. The van der Waals surface area contributed by atoms with Crippen LogP contribution in [0.3, 0.4) is 0 Å². The lowest BCUT2D eigenvalue weighted by Crippen LogP contribution is -1.92. The van der Waals surface area contributed by atoms with Crippen LogP contribution in [0.5, 0.6) is 0 Å². The van der Waals surface area contributed by atoms with Gasteiger partial charge in [-0.25, -0.2) is 4.98 Å². The first kappa shape index (κ1) is 10.1. The maximum absolute atomic E-state index is 4.69. The summed E-state index contributed by atoms with van der Waals surface area (Å²) in [4.78, 5) is 4.69. The minimum absolute atomic E-state index is 1.02. The number of rotatable bonds is 1. The molecular weight excluding hydrogens is 208 g/mol. The van der Waals surface area contributed by atoms with Gasteiger partial charge in [0.05, 0.1) is 11.0 Å². The molecule has 2 aromatic carbocycles. The molecule has 3 aromatic rings. The first-order valence-electron chi connectivity index (χ1n) is 5.74. The number of aryl methyl sites for hydroxylation is 2. The summed E-state index contributed by atoms with van der Waals surface area (Å²) in [6.07, 6.45) is 0. The predicted molar refractivity (Wildman–Crippen MR) is 70.9 cm³/mol. The van der Waals surface area contributed by atoms with Gasteiger partial charge in [-0.15, -0.1) is 0 Å². The minimum atomic E-state index is 1.02. The molecule has 1 heterocycles. The maximum Gasteiger partial charge on any atom is 0.140 e. The Bertz CT molecular complexity index is 666. The molecule has 0 radical (unpaired) electrons. The first-order valence-corrected chi connectivity index (χ1v) is 5.74. The summed E-state index contributed by atoms with van der Waals surface area (Å²) < 4.78 is 2.15. The van der Waals surface area contributed by atoms with E-state index in [-0.39, 0.29) is 0 Å². The molecule has 0 saturated heterocycles. The normalized spacial score (nSPS) is 10.9. The maximum atomic E-state index is 4.69. The molecule has 3 rings (SSSR count). The molecule has 0 unspecified atom stereocenters. The van der Waals surface area contributed by atoms with E-state index >= 15 is 0 Å². The molecule has 0 saturated carbocycles. The zero-order chi connectivity index (χ0) is 11.8. The Kier molecular flexibility index (Phi) is 2.22. The van der Waals surface area contributed by atoms with Crippen molar-refractivity contribution in [1.82, 2.24) is 9.55 Å². The molecule has 0 aliphatic carbocycles. The van der Waals surface area contributed by atoms with Crippen LogP contribution >= 0.6 is 0 Å². The summed E-state index contributed by atoms with van der Waals surface area (Å²) in [7, 11) is 2.07. The fraction of sp³-hybridized carbons (Fsp3) is 0.133. The summed E-state index contributed by atoms with van der Waals surface area (Å²) in [5.74, 6) is 1.02. The van der Waals surface area contributed by atoms with Crippen LogP contribution in [-0.2, 0) is 7.05 Å². The Balaban J connectivity index is 2.28. The van der Waals surface area contributed by atoms with Gasteiger partial charge in [-0.2, -0.15) is 0 Å². The van der Waals surface area contributed by atoms with E-state index in [0.717, 1.165) is 16.9 Å². The van der Waals surface area contributed by atoms with Gasteiger partial charge < -0.3 is 4.57 Å². The average molecular weight is 222 g/mol. The van der Waals surface area contributed by atoms with Gasteiger partial charge >= 0.3 is 0 Å². The standard InChI is InChI=1S/C15H14N2/c1-11-8-9-13-14(10-11)17(2)15(16-13)12-6-4-3-5-7-12/h3-10H,1-2H3. The highest BCUT2D eigenvalue weighted by Crippen LogP contribution is 2.23. The highest BCUT2D eigenvalue weighted by molar-refractivity contribution is 5.81. The third-order valence-electron chi connectivity index (χ3n) is 3.07. The highest BCUT2D eigenvalue weighted by Gasteiger charge is 2.08. The van der Waals surface area contributed by atoms with Crippen LogP contribution in [0.4, 0.5) is 0 Å². The second-order valence-corrected chi connectivity index (χ2v) is 4.35. The molecule has 0 bridgehead atoms. The summed E-state index contributed by atoms with van der Waals surface area (Å²) in [5.41, 5.74) is 4.66. The largest absolute Gasteiger partial charge is 0.327 e. The van der Waals surface area contributed by atoms with Gasteiger partial charge in [0.2, 0.25) is 0 Å². The van der Waals surface area contributed by atoms with E-state index in [2.05, 4.69) is 53.9 Å². The van der Waals surface area contributed by atoms with Crippen molar-refractivity contribution in [2.45, 2.75) is 6.92 Å². The van der Waals surface area contributed by atoms with Gasteiger partial charge in [-0.3, -0.25) is 0 Å². The molecule has 0 spiro atoms. The lowest BCUT2D eigenvalue weighted by atomic mass is 10.2. The third-order valence-corrected chi connectivity index (χ3v) is 3.07. The lowest BCUT2D eigenvalue weighted by Gasteiger charge is -2.02. The number of hydrogen-bond donors (Lipinski definition) is 0. The van der Waals surface area contributed by atoms with E-state index in [1.54, 1.807) is 0 Å². The molecule has 0 amide bonds. The Labute approximate surface area is 101 Å². The molecule has 2 heteroatoms. The zero-order valence-corrected chi connectivity index (χ0v) is 10.0. The fourth-order valence-electron chi connectivity index (χ4n) is 2.15. The van der Waals surface area contributed by atoms with Gasteiger partial charge in [0.25, 0.3) is 0 Å². The summed E-state index contributed by atoms with van der Waals surface area (Å²) >= 11 is 0. The van der Waals surface area contributed by atoms with Gasteiger partial charge in [0, 0.05) is 12.6 Å². The fourth-order valence-corrected chi connectivity index (χ4v) is 2.15. The number of benzene rings is 2. The number of nitrogens with zero attached hydrogens (tertiary/aromatic N) is 2. The highest BCUT2D eigenvalue weighted by atomic mass is 15.1. The number of fused-ring (bicyclic) bond motifs is 1. The van der Waals surface area contributed by atoms with Crippen molar-refractivity contribution >= 4 is 11.0 Å². The molecule has 84 valence electrons. The van der Waals surface area contributed by atoms with Crippen LogP contribution in [0.25, 0.3) is 22.4 Å². The van der Waals surface area contributed by atoms with Crippen LogP contribution in [-0.4, -0.2) is 9.55 Å². The number of aromatic nitrogens is 2. The third kappa shape index (κ3) is 1.62. The molecule has 1 aromatic heterocycles. The monoisotopic (exact) mass is 222 g/mol. The molecular formula is C15H14N2. The van der Waals surface area contributed by atoms with Crippen LogP contribution in [0, 0.1) is 6.92 Å². The van der Waals surface area contributed by atoms with Crippen LogP contribution in [0.1, 0.15) is 5.56 Å². The Morgan fingerprint density at radius 2 is 1.76 bits per heavy atom. The SMILES string of the molecule is Cc1ccc2nc(-c3ccccc3)n(C)c2c1. The summed E-state index contributed by atoms with van der Waals surface area (Å²) in [6, 6.07) is 16.6. The minimum Gasteiger partial charge on any atom is -0.327 e. The Morgan fingerprint density at radius 1 is 1.00 bits per heavy atom. The number of hydrogen-bond acceptors (Lipinski definition) is 1. The molecule has 2 nitrogen and oxygen atoms in total. The molecule has 17 heavy (non-hydrogen) atoms. The quantitative estimate of drug-likeness (QED) is 0.615. The number of imidazole rings is 1. The van der Waals surface area contributed by atoms with Crippen molar-refractivity contribution in [2.75, 3.05) is 0 Å². The van der Waals surface area contributed by atoms with Crippen molar-refractivity contribution in [2.24, 2.45) is 7.05 Å². The van der Waals surface area contributed by atoms with Crippen molar-refractivity contribution in [1.29, 1.82) is 0 Å². The van der Waals surface area contributed by atoms with E-state index in [1.165, 1.54) is 11.1 Å². The molecule has 0 aliphatic heterocycles. The van der Waals surface area contributed by atoms with Gasteiger partial charge in [-0.05, 0) is 24.6 Å².